The SMILES string of the molecule is Nc1cccc2c(-c3cccc(NC(=O)c4nccs4)c3)ccnc12. The molecule has 122 valence electrons. The van der Waals surface area contributed by atoms with Gasteiger partial charge in [-0.1, -0.05) is 24.3 Å². The topological polar surface area (TPSA) is 80.9 Å². The molecule has 0 saturated heterocycles. The molecule has 1 amide bonds. The Bertz CT molecular complexity index is 1060. The monoisotopic (exact) mass is 346 g/mol. The number of rotatable bonds is 3. The summed E-state index contributed by atoms with van der Waals surface area (Å²) in [7, 11) is 0. The highest BCUT2D eigenvalue weighted by molar-refractivity contribution is 7.11. The van der Waals surface area contributed by atoms with Crippen molar-refractivity contribution in [1.29, 1.82) is 0 Å². The zero-order chi connectivity index (χ0) is 17.2. The lowest BCUT2D eigenvalue weighted by atomic mass is 10.0. The summed E-state index contributed by atoms with van der Waals surface area (Å²) in [6.45, 7) is 0. The van der Waals surface area contributed by atoms with Crippen LogP contribution in [0.1, 0.15) is 9.80 Å². The van der Waals surface area contributed by atoms with Crippen molar-refractivity contribution < 1.29 is 4.79 Å². The minimum atomic E-state index is -0.212. The molecule has 4 rings (SSSR count). The number of anilines is 2. The Balaban J connectivity index is 1.73. The number of fused-ring (bicyclic) bond motifs is 1. The Morgan fingerprint density at radius 2 is 1.92 bits per heavy atom. The number of carbonyl (C=O) groups excluding carboxylic acids is 1. The van der Waals surface area contributed by atoms with E-state index in [-0.39, 0.29) is 5.91 Å². The van der Waals surface area contributed by atoms with Gasteiger partial charge in [0.15, 0.2) is 5.01 Å². The summed E-state index contributed by atoms with van der Waals surface area (Å²) in [6, 6.07) is 15.4. The van der Waals surface area contributed by atoms with Crippen LogP contribution in [0.15, 0.2) is 66.3 Å². The van der Waals surface area contributed by atoms with Crippen LogP contribution in [-0.2, 0) is 0 Å². The van der Waals surface area contributed by atoms with Crippen molar-refractivity contribution >= 4 is 39.5 Å². The van der Waals surface area contributed by atoms with E-state index in [2.05, 4.69) is 15.3 Å². The molecule has 0 aliphatic heterocycles. The number of amides is 1. The van der Waals surface area contributed by atoms with Gasteiger partial charge in [-0.05, 0) is 35.4 Å². The van der Waals surface area contributed by atoms with Crippen LogP contribution in [-0.4, -0.2) is 15.9 Å². The second-order valence-corrected chi connectivity index (χ2v) is 6.37. The summed E-state index contributed by atoms with van der Waals surface area (Å²) in [4.78, 5) is 20.6. The number of nitrogen functional groups attached to an aromatic ring is 1. The predicted molar refractivity (Wildman–Crippen MR) is 102 cm³/mol. The van der Waals surface area contributed by atoms with Crippen LogP contribution in [0, 0.1) is 0 Å². The smallest absolute Gasteiger partial charge is 0.284 e. The third-order valence-corrected chi connectivity index (χ3v) is 4.63. The second kappa shape index (κ2) is 6.33. The zero-order valence-electron chi connectivity index (χ0n) is 13.1. The second-order valence-electron chi connectivity index (χ2n) is 5.47. The molecule has 3 N–H and O–H groups in total. The maximum atomic E-state index is 12.2. The standard InChI is InChI=1S/C19H14N4OS/c20-16-6-2-5-15-14(7-8-21-17(15)16)12-3-1-4-13(11-12)23-18(24)19-22-9-10-25-19/h1-11H,20H2,(H,23,24). The third-order valence-electron chi connectivity index (χ3n) is 3.86. The summed E-state index contributed by atoms with van der Waals surface area (Å²) in [5.74, 6) is -0.212. The fraction of sp³-hybridized carbons (Fsp3) is 0. The molecule has 2 aromatic carbocycles. The number of carbonyl (C=O) groups is 1. The molecule has 2 heterocycles. The van der Waals surface area contributed by atoms with Crippen LogP contribution >= 0.6 is 11.3 Å². The van der Waals surface area contributed by atoms with E-state index in [4.69, 9.17) is 5.73 Å². The lowest BCUT2D eigenvalue weighted by Gasteiger charge is -2.10. The molecule has 0 aliphatic rings. The normalized spacial score (nSPS) is 10.7. The van der Waals surface area contributed by atoms with Gasteiger partial charge >= 0.3 is 0 Å². The van der Waals surface area contributed by atoms with E-state index in [0.717, 1.165) is 22.0 Å². The van der Waals surface area contributed by atoms with Crippen LogP contribution in [0.25, 0.3) is 22.0 Å². The largest absolute Gasteiger partial charge is 0.397 e. The number of nitrogens with one attached hydrogen (secondary N) is 1. The van der Waals surface area contributed by atoms with Gasteiger partial charge in [-0.3, -0.25) is 9.78 Å². The first-order chi connectivity index (χ1) is 12.2. The summed E-state index contributed by atoms with van der Waals surface area (Å²) in [5.41, 5.74) is 10.2. The number of pyridine rings is 1. The first-order valence-electron chi connectivity index (χ1n) is 7.67. The van der Waals surface area contributed by atoms with E-state index in [1.54, 1.807) is 17.8 Å². The predicted octanol–water partition coefficient (Wildman–Crippen LogP) is 4.19. The van der Waals surface area contributed by atoms with Crippen LogP contribution in [0.3, 0.4) is 0 Å². The minimum absolute atomic E-state index is 0.212. The molecule has 6 heteroatoms. The Hall–Kier alpha value is -3.25. The molecule has 0 radical (unpaired) electrons. The van der Waals surface area contributed by atoms with Gasteiger partial charge in [-0.15, -0.1) is 11.3 Å². The maximum Gasteiger partial charge on any atom is 0.284 e. The summed E-state index contributed by atoms with van der Waals surface area (Å²) in [6.07, 6.45) is 3.36. The first-order valence-corrected chi connectivity index (χ1v) is 8.55. The van der Waals surface area contributed by atoms with Crippen molar-refractivity contribution in [3.05, 3.63) is 71.3 Å². The molecule has 2 aromatic heterocycles. The van der Waals surface area contributed by atoms with Gasteiger partial charge in [0.25, 0.3) is 5.91 Å². The number of para-hydroxylation sites is 1. The van der Waals surface area contributed by atoms with Crippen LogP contribution in [0.2, 0.25) is 0 Å². The van der Waals surface area contributed by atoms with Gasteiger partial charge in [0.05, 0.1) is 11.2 Å². The number of nitrogens with zero attached hydrogens (tertiary/aromatic N) is 2. The highest BCUT2D eigenvalue weighted by atomic mass is 32.1. The van der Waals surface area contributed by atoms with E-state index in [9.17, 15) is 4.79 Å². The summed E-state index contributed by atoms with van der Waals surface area (Å²) < 4.78 is 0. The Labute approximate surface area is 148 Å². The molecule has 25 heavy (non-hydrogen) atoms. The highest BCUT2D eigenvalue weighted by Gasteiger charge is 2.10. The number of hydrogen-bond donors (Lipinski definition) is 2. The molecular formula is C19H14N4OS. The molecule has 0 spiro atoms. The van der Waals surface area contributed by atoms with Gasteiger partial charge in [0.2, 0.25) is 0 Å². The molecule has 0 unspecified atom stereocenters. The van der Waals surface area contributed by atoms with Crippen molar-refractivity contribution in [1.82, 2.24) is 9.97 Å². The van der Waals surface area contributed by atoms with Crippen molar-refractivity contribution in [2.75, 3.05) is 11.1 Å². The Morgan fingerprint density at radius 3 is 2.76 bits per heavy atom. The summed E-state index contributed by atoms with van der Waals surface area (Å²) in [5, 5.41) is 6.07. The Kier molecular flexibility index (Phi) is 3.87. The average molecular weight is 346 g/mol. The number of hydrogen-bond acceptors (Lipinski definition) is 5. The van der Waals surface area contributed by atoms with Crippen molar-refractivity contribution in [3.63, 3.8) is 0 Å². The van der Waals surface area contributed by atoms with Gasteiger partial charge in [-0.25, -0.2) is 4.98 Å². The van der Waals surface area contributed by atoms with E-state index >= 15 is 0 Å². The number of aromatic nitrogens is 2. The molecule has 4 aromatic rings. The van der Waals surface area contributed by atoms with Gasteiger partial charge in [0.1, 0.15) is 0 Å². The highest BCUT2D eigenvalue weighted by Crippen LogP contribution is 2.31. The van der Waals surface area contributed by atoms with E-state index in [0.29, 0.717) is 16.4 Å². The van der Waals surface area contributed by atoms with Crippen LogP contribution in [0.4, 0.5) is 11.4 Å². The van der Waals surface area contributed by atoms with E-state index in [1.807, 2.05) is 48.5 Å². The van der Waals surface area contributed by atoms with Crippen LogP contribution in [0.5, 0.6) is 0 Å². The lowest BCUT2D eigenvalue weighted by molar-refractivity contribution is 0.102. The van der Waals surface area contributed by atoms with Crippen molar-refractivity contribution in [2.45, 2.75) is 0 Å². The van der Waals surface area contributed by atoms with E-state index in [1.165, 1.54) is 11.3 Å². The number of thiazole rings is 1. The molecule has 5 nitrogen and oxygen atoms in total. The van der Waals surface area contributed by atoms with Gasteiger partial charge in [0, 0.05) is 28.8 Å². The number of benzene rings is 2. The molecular weight excluding hydrogens is 332 g/mol. The third kappa shape index (κ3) is 2.95. The van der Waals surface area contributed by atoms with Gasteiger partial charge < -0.3 is 11.1 Å². The molecule has 0 saturated carbocycles. The molecule has 0 bridgehead atoms. The van der Waals surface area contributed by atoms with Crippen molar-refractivity contribution in [2.24, 2.45) is 0 Å². The number of nitrogens with two attached hydrogens (primary N) is 1. The maximum absolute atomic E-state index is 12.2. The zero-order valence-corrected chi connectivity index (χ0v) is 14.0. The lowest BCUT2D eigenvalue weighted by Crippen LogP contribution is -2.11. The molecule has 0 fully saturated rings. The molecule has 0 atom stereocenters. The fourth-order valence-electron chi connectivity index (χ4n) is 2.74. The van der Waals surface area contributed by atoms with E-state index < -0.39 is 0 Å². The van der Waals surface area contributed by atoms with Crippen LogP contribution < -0.4 is 11.1 Å². The minimum Gasteiger partial charge on any atom is -0.397 e. The fourth-order valence-corrected chi connectivity index (χ4v) is 3.27. The van der Waals surface area contributed by atoms with Crippen molar-refractivity contribution in [3.8, 4) is 11.1 Å². The van der Waals surface area contributed by atoms with Gasteiger partial charge in [-0.2, -0.15) is 0 Å². The first kappa shape index (κ1) is 15.3. The summed E-state index contributed by atoms with van der Waals surface area (Å²) >= 11 is 1.31. The Morgan fingerprint density at radius 1 is 1.04 bits per heavy atom. The average Bonchev–Trinajstić information content (AvgIpc) is 3.17. The molecule has 0 aliphatic carbocycles. The quantitative estimate of drug-likeness (QED) is 0.545.